The number of nitro groups is 1. The van der Waals surface area contributed by atoms with Crippen molar-refractivity contribution >= 4 is 23.2 Å². The van der Waals surface area contributed by atoms with E-state index in [9.17, 15) is 14.9 Å². The average Bonchev–Trinajstić information content (AvgIpc) is 2.67. The van der Waals surface area contributed by atoms with Gasteiger partial charge in [0.25, 0.3) is 5.69 Å². The molecule has 1 fully saturated rings. The zero-order valence-corrected chi connectivity index (χ0v) is 9.74. The molecule has 1 aromatic carbocycles. The van der Waals surface area contributed by atoms with Crippen LogP contribution in [0.15, 0.2) is 18.2 Å². The highest BCUT2D eigenvalue weighted by molar-refractivity contribution is 6.31. The van der Waals surface area contributed by atoms with Gasteiger partial charge in [-0.05, 0) is 18.9 Å². The van der Waals surface area contributed by atoms with Crippen molar-refractivity contribution < 1.29 is 9.72 Å². The Hall–Kier alpha value is -1.62. The molecule has 0 radical (unpaired) electrons. The van der Waals surface area contributed by atoms with Gasteiger partial charge in [0.1, 0.15) is 0 Å². The maximum absolute atomic E-state index is 11.4. The Labute approximate surface area is 103 Å². The summed E-state index contributed by atoms with van der Waals surface area (Å²) in [5.74, 6) is -0.271. The average molecular weight is 255 g/mol. The van der Waals surface area contributed by atoms with Gasteiger partial charge >= 0.3 is 0 Å². The largest absolute Gasteiger partial charge is 0.356 e. The van der Waals surface area contributed by atoms with Gasteiger partial charge in [-0.2, -0.15) is 0 Å². The number of nitrogens with one attached hydrogen (secondary N) is 1. The summed E-state index contributed by atoms with van der Waals surface area (Å²) in [5.41, 5.74) is 0.429. The Morgan fingerprint density at radius 1 is 1.53 bits per heavy atom. The maximum Gasteiger partial charge on any atom is 0.274 e. The van der Waals surface area contributed by atoms with Crippen LogP contribution in [0.1, 0.15) is 12.0 Å². The van der Waals surface area contributed by atoms with E-state index in [1.54, 1.807) is 12.1 Å². The van der Waals surface area contributed by atoms with Crippen LogP contribution in [-0.2, 0) is 11.2 Å². The highest BCUT2D eigenvalue weighted by atomic mass is 35.5. The summed E-state index contributed by atoms with van der Waals surface area (Å²) in [4.78, 5) is 21.9. The van der Waals surface area contributed by atoms with Gasteiger partial charge < -0.3 is 5.32 Å². The SMILES string of the molecule is O=C1NCCC1Cc1c(Cl)cccc1[N+](=O)[O-]. The monoisotopic (exact) mass is 254 g/mol. The Bertz CT molecular complexity index is 476. The summed E-state index contributed by atoms with van der Waals surface area (Å²) >= 11 is 5.96. The van der Waals surface area contributed by atoms with Crippen molar-refractivity contribution in [2.45, 2.75) is 12.8 Å². The lowest BCUT2D eigenvalue weighted by Gasteiger charge is -2.08. The molecule has 17 heavy (non-hydrogen) atoms. The third-order valence-electron chi connectivity index (χ3n) is 2.90. The van der Waals surface area contributed by atoms with Crippen LogP contribution in [0.25, 0.3) is 0 Å². The van der Waals surface area contributed by atoms with E-state index in [2.05, 4.69) is 5.32 Å². The molecule has 1 saturated heterocycles. The number of carbonyl (C=O) groups excluding carboxylic acids is 1. The normalized spacial score (nSPS) is 19.1. The van der Waals surface area contributed by atoms with Crippen molar-refractivity contribution in [2.24, 2.45) is 5.92 Å². The minimum absolute atomic E-state index is 0.0165. The second-order valence-electron chi connectivity index (χ2n) is 3.98. The predicted molar refractivity (Wildman–Crippen MR) is 62.9 cm³/mol. The van der Waals surface area contributed by atoms with Gasteiger partial charge in [0.2, 0.25) is 5.91 Å². The minimum atomic E-state index is -0.464. The first-order chi connectivity index (χ1) is 8.09. The van der Waals surface area contributed by atoms with E-state index >= 15 is 0 Å². The molecule has 0 aromatic heterocycles. The van der Waals surface area contributed by atoms with Crippen LogP contribution in [0.3, 0.4) is 0 Å². The molecule has 1 atom stereocenters. The van der Waals surface area contributed by atoms with E-state index in [0.29, 0.717) is 30.0 Å². The third kappa shape index (κ3) is 2.39. The fourth-order valence-corrected chi connectivity index (χ4v) is 2.25. The number of nitro benzene ring substituents is 1. The molecule has 6 heteroatoms. The summed E-state index contributed by atoms with van der Waals surface area (Å²) in [6, 6.07) is 4.56. The third-order valence-corrected chi connectivity index (χ3v) is 3.26. The standard InChI is InChI=1S/C11H11ClN2O3/c12-9-2-1-3-10(14(16)17)8(9)6-7-4-5-13-11(7)15/h1-3,7H,4-6H2,(H,13,15). The van der Waals surface area contributed by atoms with Crippen molar-refractivity contribution in [2.75, 3.05) is 6.54 Å². The van der Waals surface area contributed by atoms with Gasteiger partial charge in [-0.15, -0.1) is 0 Å². The van der Waals surface area contributed by atoms with Crippen LogP contribution in [0.4, 0.5) is 5.69 Å². The fraction of sp³-hybridized carbons (Fsp3) is 0.364. The van der Waals surface area contributed by atoms with Gasteiger partial charge in [0, 0.05) is 24.1 Å². The Kier molecular flexibility index (Phi) is 3.28. The molecular formula is C11H11ClN2O3. The Morgan fingerprint density at radius 2 is 2.29 bits per heavy atom. The van der Waals surface area contributed by atoms with E-state index in [4.69, 9.17) is 11.6 Å². The van der Waals surface area contributed by atoms with Crippen molar-refractivity contribution in [1.82, 2.24) is 5.32 Å². The zero-order chi connectivity index (χ0) is 12.4. The molecule has 1 heterocycles. The number of hydrogen-bond acceptors (Lipinski definition) is 3. The van der Waals surface area contributed by atoms with E-state index in [1.807, 2.05) is 0 Å². The summed E-state index contributed by atoms with van der Waals surface area (Å²) < 4.78 is 0. The maximum atomic E-state index is 11.4. The minimum Gasteiger partial charge on any atom is -0.356 e. The van der Waals surface area contributed by atoms with E-state index in [-0.39, 0.29) is 17.5 Å². The van der Waals surface area contributed by atoms with Crippen LogP contribution >= 0.6 is 11.6 Å². The predicted octanol–water partition coefficient (Wildman–Crippen LogP) is 1.93. The van der Waals surface area contributed by atoms with Crippen molar-refractivity contribution in [3.8, 4) is 0 Å². The smallest absolute Gasteiger partial charge is 0.274 e. The van der Waals surface area contributed by atoms with Crippen LogP contribution in [-0.4, -0.2) is 17.4 Å². The molecule has 5 nitrogen and oxygen atoms in total. The van der Waals surface area contributed by atoms with Crippen LogP contribution in [0, 0.1) is 16.0 Å². The number of nitrogens with zero attached hydrogens (tertiary/aromatic N) is 1. The second-order valence-corrected chi connectivity index (χ2v) is 4.38. The van der Waals surface area contributed by atoms with Crippen molar-refractivity contribution in [3.05, 3.63) is 38.9 Å². The lowest BCUT2D eigenvalue weighted by atomic mass is 9.97. The highest BCUT2D eigenvalue weighted by Gasteiger charge is 2.28. The molecule has 1 unspecified atom stereocenters. The summed E-state index contributed by atoms with van der Waals surface area (Å²) in [5, 5.41) is 13.9. The molecule has 1 N–H and O–H groups in total. The number of amides is 1. The molecular weight excluding hydrogens is 244 g/mol. The number of benzene rings is 1. The first kappa shape index (κ1) is 11.9. The first-order valence-corrected chi connectivity index (χ1v) is 5.67. The van der Waals surface area contributed by atoms with Crippen molar-refractivity contribution in [1.29, 1.82) is 0 Å². The van der Waals surface area contributed by atoms with E-state index in [0.717, 1.165) is 0 Å². The van der Waals surface area contributed by atoms with Gasteiger partial charge in [-0.1, -0.05) is 17.7 Å². The molecule has 90 valence electrons. The zero-order valence-electron chi connectivity index (χ0n) is 8.98. The topological polar surface area (TPSA) is 72.2 Å². The lowest BCUT2D eigenvalue weighted by molar-refractivity contribution is -0.385. The quantitative estimate of drug-likeness (QED) is 0.662. The van der Waals surface area contributed by atoms with E-state index < -0.39 is 4.92 Å². The summed E-state index contributed by atoms with van der Waals surface area (Å²) in [6.45, 7) is 0.627. The Morgan fingerprint density at radius 3 is 2.88 bits per heavy atom. The number of rotatable bonds is 3. The highest BCUT2D eigenvalue weighted by Crippen LogP contribution is 2.30. The number of hydrogen-bond donors (Lipinski definition) is 1. The first-order valence-electron chi connectivity index (χ1n) is 5.29. The van der Waals surface area contributed by atoms with Gasteiger partial charge in [-0.25, -0.2) is 0 Å². The van der Waals surface area contributed by atoms with Gasteiger partial charge in [0.15, 0.2) is 0 Å². The summed E-state index contributed by atoms with van der Waals surface area (Å²) in [6.07, 6.45) is 1.02. The van der Waals surface area contributed by atoms with Crippen LogP contribution in [0.2, 0.25) is 5.02 Å². The molecule has 1 amide bonds. The molecule has 1 aliphatic heterocycles. The number of halogens is 1. The second kappa shape index (κ2) is 4.71. The Balaban J connectivity index is 2.31. The molecule has 0 saturated carbocycles. The lowest BCUT2D eigenvalue weighted by Crippen LogP contribution is -2.20. The summed E-state index contributed by atoms with van der Waals surface area (Å²) in [7, 11) is 0. The van der Waals surface area contributed by atoms with Crippen molar-refractivity contribution in [3.63, 3.8) is 0 Å². The molecule has 1 aliphatic rings. The number of carbonyl (C=O) groups is 1. The molecule has 2 rings (SSSR count). The molecule has 0 bridgehead atoms. The fourth-order valence-electron chi connectivity index (χ4n) is 2.01. The molecule has 0 spiro atoms. The van der Waals surface area contributed by atoms with E-state index in [1.165, 1.54) is 6.07 Å². The van der Waals surface area contributed by atoms with Crippen LogP contribution < -0.4 is 5.32 Å². The van der Waals surface area contributed by atoms with Crippen LogP contribution in [0.5, 0.6) is 0 Å². The molecule has 0 aliphatic carbocycles. The van der Waals surface area contributed by atoms with Gasteiger partial charge in [-0.3, -0.25) is 14.9 Å². The molecule has 1 aromatic rings. The van der Waals surface area contributed by atoms with Gasteiger partial charge in [0.05, 0.1) is 9.95 Å².